The minimum atomic E-state index is -0.235. The quantitative estimate of drug-likeness (QED) is 0.417. The van der Waals surface area contributed by atoms with E-state index in [1.54, 1.807) is 19.2 Å². The van der Waals surface area contributed by atoms with Crippen molar-refractivity contribution >= 4 is 34.2 Å². The number of H-pyrrole nitrogens is 1. The largest absolute Gasteiger partial charge is 0.497 e. The van der Waals surface area contributed by atoms with Crippen LogP contribution in [0.1, 0.15) is 22.9 Å². The van der Waals surface area contributed by atoms with Crippen LogP contribution < -0.4 is 10.1 Å². The van der Waals surface area contributed by atoms with Crippen LogP contribution in [0.15, 0.2) is 72.8 Å². The molecule has 1 aliphatic rings. The van der Waals surface area contributed by atoms with E-state index in [1.807, 2.05) is 47.4 Å². The van der Waals surface area contributed by atoms with E-state index in [0.717, 1.165) is 28.9 Å². The second-order valence-corrected chi connectivity index (χ2v) is 8.06. The maximum absolute atomic E-state index is 13.3. The van der Waals surface area contributed by atoms with Gasteiger partial charge in [0, 0.05) is 33.9 Å². The van der Waals surface area contributed by atoms with Crippen molar-refractivity contribution in [3.8, 4) is 5.75 Å². The summed E-state index contributed by atoms with van der Waals surface area (Å²) in [6, 6.07) is 23.0. The topological polar surface area (TPSA) is 57.4 Å². The number of urea groups is 1. The van der Waals surface area contributed by atoms with Crippen molar-refractivity contribution in [3.05, 3.63) is 94.6 Å². The molecule has 1 aromatic heterocycles. The van der Waals surface area contributed by atoms with Crippen LogP contribution in [0.4, 0.5) is 10.5 Å². The van der Waals surface area contributed by atoms with Gasteiger partial charge in [-0.25, -0.2) is 4.79 Å². The fourth-order valence-corrected chi connectivity index (χ4v) is 4.54. The number of hydrogen-bond donors (Lipinski definition) is 2. The first-order chi connectivity index (χ1) is 15.1. The molecule has 1 atom stereocenters. The molecule has 31 heavy (non-hydrogen) atoms. The lowest BCUT2D eigenvalue weighted by Gasteiger charge is -2.36. The van der Waals surface area contributed by atoms with Crippen LogP contribution in [-0.2, 0) is 6.42 Å². The van der Waals surface area contributed by atoms with E-state index in [4.69, 9.17) is 16.3 Å². The normalized spacial score (nSPS) is 15.5. The minimum Gasteiger partial charge on any atom is -0.497 e. The summed E-state index contributed by atoms with van der Waals surface area (Å²) in [5, 5.41) is 4.80. The number of aromatic amines is 1. The van der Waals surface area contributed by atoms with Crippen molar-refractivity contribution in [3.63, 3.8) is 0 Å². The molecule has 2 heterocycles. The zero-order valence-electron chi connectivity index (χ0n) is 17.1. The van der Waals surface area contributed by atoms with E-state index in [1.165, 1.54) is 10.9 Å². The first-order valence-corrected chi connectivity index (χ1v) is 10.6. The first-order valence-electron chi connectivity index (χ1n) is 10.2. The molecule has 5 rings (SSSR count). The van der Waals surface area contributed by atoms with Crippen molar-refractivity contribution in [2.75, 3.05) is 19.0 Å². The zero-order valence-corrected chi connectivity index (χ0v) is 17.8. The van der Waals surface area contributed by atoms with Gasteiger partial charge in [-0.15, -0.1) is 0 Å². The van der Waals surface area contributed by atoms with Gasteiger partial charge in [0.15, 0.2) is 0 Å². The highest BCUT2D eigenvalue weighted by atomic mass is 35.5. The number of ether oxygens (including phenoxy) is 1. The lowest BCUT2D eigenvalue weighted by Crippen LogP contribution is -2.43. The van der Waals surface area contributed by atoms with E-state index < -0.39 is 0 Å². The molecule has 4 aromatic rings. The Bertz CT molecular complexity index is 1250. The second kappa shape index (κ2) is 8.00. The van der Waals surface area contributed by atoms with Crippen molar-refractivity contribution in [2.24, 2.45) is 0 Å². The van der Waals surface area contributed by atoms with Gasteiger partial charge in [0.2, 0.25) is 0 Å². The molecule has 0 saturated heterocycles. The number of nitrogens with zero attached hydrogens (tertiary/aromatic N) is 1. The molecule has 0 aliphatic carbocycles. The van der Waals surface area contributed by atoms with Crippen LogP contribution in [0.3, 0.4) is 0 Å². The summed E-state index contributed by atoms with van der Waals surface area (Å²) in [7, 11) is 1.65. The third-order valence-corrected chi connectivity index (χ3v) is 6.04. The van der Waals surface area contributed by atoms with Gasteiger partial charge in [-0.1, -0.05) is 48.0 Å². The van der Waals surface area contributed by atoms with E-state index in [2.05, 4.69) is 28.5 Å². The van der Waals surface area contributed by atoms with Gasteiger partial charge in [0.25, 0.3) is 0 Å². The summed E-state index contributed by atoms with van der Waals surface area (Å²) in [5.74, 6) is 0.784. The molecule has 3 aromatic carbocycles. The number of benzene rings is 3. The predicted molar refractivity (Wildman–Crippen MR) is 124 cm³/mol. The molecule has 2 N–H and O–H groups in total. The number of hydrogen-bond acceptors (Lipinski definition) is 2. The number of para-hydroxylation sites is 1. The van der Waals surface area contributed by atoms with E-state index in [9.17, 15) is 4.79 Å². The molecule has 156 valence electrons. The number of amides is 2. The molecular weight excluding hydrogens is 410 g/mol. The Morgan fingerprint density at radius 2 is 1.90 bits per heavy atom. The molecule has 0 radical (unpaired) electrons. The Labute approximate surface area is 185 Å². The molecule has 6 heteroatoms. The first kappa shape index (κ1) is 19.5. The number of nitrogens with one attached hydrogen (secondary N) is 2. The summed E-state index contributed by atoms with van der Waals surface area (Å²) < 4.78 is 5.33. The van der Waals surface area contributed by atoms with Crippen molar-refractivity contribution in [2.45, 2.75) is 12.5 Å². The monoisotopic (exact) mass is 431 g/mol. The van der Waals surface area contributed by atoms with E-state index in [0.29, 0.717) is 17.3 Å². The zero-order chi connectivity index (χ0) is 21.4. The van der Waals surface area contributed by atoms with Gasteiger partial charge >= 0.3 is 6.03 Å². The highest BCUT2D eigenvalue weighted by Crippen LogP contribution is 2.39. The van der Waals surface area contributed by atoms with Gasteiger partial charge in [-0.05, 0) is 53.9 Å². The fraction of sp³-hybridized carbons (Fsp3) is 0.160. The maximum Gasteiger partial charge on any atom is 0.322 e. The highest BCUT2D eigenvalue weighted by molar-refractivity contribution is 6.30. The number of methoxy groups -OCH3 is 1. The van der Waals surface area contributed by atoms with Crippen LogP contribution in [0.2, 0.25) is 5.02 Å². The SMILES string of the molecule is COc1ccc([C@H]2c3[nH]c4ccccc4c3CCN2C(=O)Nc2cccc(Cl)c2)cc1. The molecular formula is C25H22ClN3O2. The lowest BCUT2D eigenvalue weighted by atomic mass is 9.92. The molecule has 0 unspecified atom stereocenters. The molecule has 0 spiro atoms. The number of aromatic nitrogens is 1. The Morgan fingerprint density at radius 1 is 1.10 bits per heavy atom. The van der Waals surface area contributed by atoms with Crippen LogP contribution >= 0.6 is 11.6 Å². The van der Waals surface area contributed by atoms with Crippen molar-refractivity contribution < 1.29 is 9.53 Å². The molecule has 2 amide bonds. The van der Waals surface area contributed by atoms with Gasteiger partial charge in [-0.3, -0.25) is 0 Å². The number of fused-ring (bicyclic) bond motifs is 3. The molecule has 5 nitrogen and oxygen atoms in total. The summed E-state index contributed by atoms with van der Waals surface area (Å²) in [6.45, 7) is 0.609. The number of anilines is 1. The van der Waals surface area contributed by atoms with Gasteiger partial charge in [-0.2, -0.15) is 0 Å². The Hall–Kier alpha value is -3.44. The van der Waals surface area contributed by atoms with Gasteiger partial charge in [0.05, 0.1) is 13.2 Å². The van der Waals surface area contributed by atoms with Gasteiger partial charge in [0.1, 0.15) is 5.75 Å². The summed E-state index contributed by atoms with van der Waals surface area (Å²) in [4.78, 5) is 18.8. The molecule has 0 saturated carbocycles. The summed E-state index contributed by atoms with van der Waals surface area (Å²) in [6.07, 6.45) is 0.787. The highest BCUT2D eigenvalue weighted by Gasteiger charge is 2.34. The summed E-state index contributed by atoms with van der Waals surface area (Å²) in [5.41, 5.74) is 5.10. The van der Waals surface area contributed by atoms with Crippen molar-refractivity contribution in [1.29, 1.82) is 0 Å². The Kier molecular flexibility index (Phi) is 5.04. The third-order valence-electron chi connectivity index (χ3n) is 5.80. The molecule has 1 aliphatic heterocycles. The Balaban J connectivity index is 1.57. The predicted octanol–water partition coefficient (Wildman–Crippen LogP) is 6.01. The van der Waals surface area contributed by atoms with E-state index >= 15 is 0 Å². The number of rotatable bonds is 3. The van der Waals surface area contributed by atoms with Crippen LogP contribution in [0.5, 0.6) is 5.75 Å². The number of carbonyl (C=O) groups is 1. The second-order valence-electron chi connectivity index (χ2n) is 7.62. The number of carbonyl (C=O) groups excluding carboxylic acids is 1. The standard InChI is InChI=1S/C25H22ClN3O2/c1-31-19-11-9-16(10-12-19)24-23-21(20-7-2-3-8-22(20)28-23)13-14-29(24)25(30)27-18-6-4-5-17(26)15-18/h2-12,15,24,28H,13-14H2,1H3,(H,27,30)/t24-/m0/s1. The van der Waals surface area contributed by atoms with Crippen molar-refractivity contribution in [1.82, 2.24) is 9.88 Å². The van der Waals surface area contributed by atoms with E-state index in [-0.39, 0.29) is 12.1 Å². The Morgan fingerprint density at radius 3 is 2.68 bits per heavy atom. The average Bonchev–Trinajstić information content (AvgIpc) is 3.17. The van der Waals surface area contributed by atoms with Crippen LogP contribution in [0, 0.1) is 0 Å². The number of halogens is 1. The smallest absolute Gasteiger partial charge is 0.322 e. The third kappa shape index (κ3) is 3.62. The maximum atomic E-state index is 13.3. The van der Waals surface area contributed by atoms with Crippen LogP contribution in [0.25, 0.3) is 10.9 Å². The minimum absolute atomic E-state index is 0.160. The fourth-order valence-electron chi connectivity index (χ4n) is 4.35. The summed E-state index contributed by atoms with van der Waals surface area (Å²) >= 11 is 6.10. The molecule has 0 fully saturated rings. The average molecular weight is 432 g/mol. The van der Waals surface area contributed by atoms with Crippen LogP contribution in [-0.4, -0.2) is 29.6 Å². The molecule has 0 bridgehead atoms. The van der Waals surface area contributed by atoms with Gasteiger partial charge < -0.3 is 19.9 Å². The lowest BCUT2D eigenvalue weighted by molar-refractivity contribution is 0.193.